The Morgan fingerprint density at radius 1 is 1.25 bits per heavy atom. The Morgan fingerprint density at radius 3 is 2.62 bits per heavy atom. The Morgan fingerprint density at radius 2 is 1.96 bits per heavy atom. The number of benzene rings is 1. The Labute approximate surface area is 143 Å². The molecule has 0 saturated carbocycles. The predicted octanol–water partition coefficient (Wildman–Crippen LogP) is 2.00. The van der Waals surface area contributed by atoms with E-state index >= 15 is 0 Å². The van der Waals surface area contributed by atoms with Crippen LogP contribution >= 0.6 is 11.3 Å². The molecule has 0 aliphatic carbocycles. The highest BCUT2D eigenvalue weighted by atomic mass is 32.1. The summed E-state index contributed by atoms with van der Waals surface area (Å²) in [5.74, 6) is -1.05. The van der Waals surface area contributed by atoms with Crippen LogP contribution in [0.5, 0.6) is 0 Å². The maximum Gasteiger partial charge on any atom is 0.268 e. The highest BCUT2D eigenvalue weighted by Gasteiger charge is 2.30. The second-order valence-corrected chi connectivity index (χ2v) is 6.90. The van der Waals surface area contributed by atoms with E-state index in [1.165, 1.54) is 11.3 Å². The second kappa shape index (κ2) is 6.68. The smallest absolute Gasteiger partial charge is 0.268 e. The summed E-state index contributed by atoms with van der Waals surface area (Å²) in [6.45, 7) is 4.58. The maximum atomic E-state index is 12.2. The third-order valence-electron chi connectivity index (χ3n) is 3.95. The molecule has 6 nitrogen and oxygen atoms in total. The second-order valence-electron chi connectivity index (χ2n) is 5.89. The number of aryl methyl sites for hydroxylation is 2. The monoisotopic (exact) mass is 345 g/mol. The molecule has 24 heavy (non-hydrogen) atoms. The number of carbonyl (C=O) groups is 3. The van der Waals surface area contributed by atoms with Crippen LogP contribution < -0.4 is 4.80 Å². The molecule has 3 rings (SSSR count). The summed E-state index contributed by atoms with van der Waals surface area (Å²) in [5, 5.41) is 0. The van der Waals surface area contributed by atoms with Gasteiger partial charge in [-0.2, -0.15) is 4.99 Å². The largest absolute Gasteiger partial charge is 0.316 e. The lowest BCUT2D eigenvalue weighted by Gasteiger charge is -2.10. The molecule has 1 fully saturated rings. The average molecular weight is 345 g/mol. The number of amides is 3. The minimum atomic E-state index is -0.466. The fourth-order valence-electron chi connectivity index (χ4n) is 2.78. The van der Waals surface area contributed by atoms with Crippen molar-refractivity contribution in [1.29, 1.82) is 0 Å². The predicted molar refractivity (Wildman–Crippen MR) is 91.4 cm³/mol. The summed E-state index contributed by atoms with van der Waals surface area (Å²) in [4.78, 5) is 41.3. The van der Waals surface area contributed by atoms with Crippen LogP contribution in [0.25, 0.3) is 10.2 Å². The molecule has 1 saturated heterocycles. The van der Waals surface area contributed by atoms with Crippen molar-refractivity contribution in [3.8, 4) is 0 Å². The maximum absolute atomic E-state index is 12.2. The molecule has 3 amide bonds. The third kappa shape index (κ3) is 3.17. The summed E-state index contributed by atoms with van der Waals surface area (Å²) < 4.78 is 3.09. The molecule has 1 aliphatic heterocycles. The molecule has 7 heteroatoms. The zero-order chi connectivity index (χ0) is 17.3. The van der Waals surface area contributed by atoms with Gasteiger partial charge in [-0.15, -0.1) is 0 Å². The Bertz CT molecular complexity index is 878. The van der Waals surface area contributed by atoms with Crippen molar-refractivity contribution in [1.82, 2.24) is 9.47 Å². The van der Waals surface area contributed by atoms with Gasteiger partial charge in [-0.05, 0) is 31.0 Å². The van der Waals surface area contributed by atoms with Crippen LogP contribution in [0, 0.1) is 6.92 Å². The standard InChI is InChI=1S/C17H19N3O3S/c1-3-8-19-12-5-4-11(2)9-13(12)24-17(19)18-14(21)10-20-15(22)6-7-16(20)23/h4-5,9H,3,6-8,10H2,1-2H3. The Hall–Kier alpha value is -2.28. The Kier molecular flexibility index (Phi) is 4.62. The molecule has 126 valence electrons. The zero-order valence-electron chi connectivity index (χ0n) is 13.7. The Balaban J connectivity index is 1.96. The van der Waals surface area contributed by atoms with Gasteiger partial charge in [0.25, 0.3) is 5.91 Å². The van der Waals surface area contributed by atoms with Gasteiger partial charge in [-0.1, -0.05) is 24.3 Å². The summed E-state index contributed by atoms with van der Waals surface area (Å²) in [6, 6.07) is 6.14. The van der Waals surface area contributed by atoms with Crippen molar-refractivity contribution >= 4 is 39.3 Å². The van der Waals surface area contributed by atoms with Crippen LogP contribution in [0.2, 0.25) is 0 Å². The van der Waals surface area contributed by atoms with Crippen LogP contribution in [-0.2, 0) is 20.9 Å². The summed E-state index contributed by atoms with van der Waals surface area (Å²) in [5.41, 5.74) is 2.20. The molecular formula is C17H19N3O3S. The lowest BCUT2D eigenvalue weighted by molar-refractivity contribution is -0.141. The van der Waals surface area contributed by atoms with Crippen molar-refractivity contribution in [3.63, 3.8) is 0 Å². The number of aromatic nitrogens is 1. The van der Waals surface area contributed by atoms with E-state index in [0.29, 0.717) is 4.80 Å². The van der Waals surface area contributed by atoms with Crippen LogP contribution in [0.15, 0.2) is 23.2 Å². The molecule has 0 radical (unpaired) electrons. The molecule has 0 N–H and O–H groups in total. The fraction of sp³-hybridized carbons (Fsp3) is 0.412. The van der Waals surface area contributed by atoms with E-state index in [0.717, 1.165) is 33.6 Å². The van der Waals surface area contributed by atoms with Crippen molar-refractivity contribution in [2.45, 2.75) is 39.7 Å². The molecule has 1 aliphatic rings. The van der Waals surface area contributed by atoms with Crippen molar-refractivity contribution < 1.29 is 14.4 Å². The number of hydrogen-bond donors (Lipinski definition) is 0. The molecule has 0 unspecified atom stereocenters. The average Bonchev–Trinajstić information content (AvgIpc) is 3.02. The SMILES string of the molecule is CCCn1c(=NC(=O)CN2C(=O)CCC2=O)sc2cc(C)ccc21. The lowest BCUT2D eigenvalue weighted by atomic mass is 10.2. The van der Waals surface area contributed by atoms with Gasteiger partial charge in [0.15, 0.2) is 4.80 Å². The molecule has 0 bridgehead atoms. The van der Waals surface area contributed by atoms with Gasteiger partial charge in [0, 0.05) is 19.4 Å². The number of fused-ring (bicyclic) bond motifs is 1. The van der Waals surface area contributed by atoms with Gasteiger partial charge in [-0.3, -0.25) is 19.3 Å². The number of hydrogen-bond acceptors (Lipinski definition) is 4. The van der Waals surface area contributed by atoms with Crippen LogP contribution in [0.1, 0.15) is 31.7 Å². The van der Waals surface area contributed by atoms with Crippen molar-refractivity contribution in [2.75, 3.05) is 6.54 Å². The number of rotatable bonds is 4. The van der Waals surface area contributed by atoms with Crippen LogP contribution in [0.3, 0.4) is 0 Å². The van der Waals surface area contributed by atoms with Gasteiger partial charge in [0.2, 0.25) is 11.8 Å². The van der Waals surface area contributed by atoms with E-state index in [-0.39, 0.29) is 31.2 Å². The van der Waals surface area contributed by atoms with Gasteiger partial charge in [0.05, 0.1) is 10.2 Å². The lowest BCUT2D eigenvalue weighted by Crippen LogP contribution is -2.34. The number of likely N-dealkylation sites (tertiary alicyclic amines) is 1. The van der Waals surface area contributed by atoms with E-state index in [9.17, 15) is 14.4 Å². The summed E-state index contributed by atoms with van der Waals surface area (Å²) >= 11 is 1.45. The zero-order valence-corrected chi connectivity index (χ0v) is 14.6. The highest BCUT2D eigenvalue weighted by molar-refractivity contribution is 7.16. The van der Waals surface area contributed by atoms with E-state index in [1.807, 2.05) is 23.6 Å². The first kappa shape index (κ1) is 16.6. The quantitative estimate of drug-likeness (QED) is 0.796. The molecule has 1 aromatic heterocycles. The van der Waals surface area contributed by atoms with E-state index < -0.39 is 5.91 Å². The molecule has 0 spiro atoms. The third-order valence-corrected chi connectivity index (χ3v) is 5.00. The number of nitrogens with zero attached hydrogens (tertiary/aromatic N) is 3. The highest BCUT2D eigenvalue weighted by Crippen LogP contribution is 2.19. The van der Waals surface area contributed by atoms with Crippen molar-refractivity contribution in [3.05, 3.63) is 28.6 Å². The molecule has 0 atom stereocenters. The number of imide groups is 1. The van der Waals surface area contributed by atoms with Crippen LogP contribution in [-0.4, -0.2) is 33.7 Å². The van der Waals surface area contributed by atoms with E-state index in [2.05, 4.69) is 18.0 Å². The normalized spacial score (nSPS) is 15.8. The summed E-state index contributed by atoms with van der Waals surface area (Å²) in [7, 11) is 0. The van der Waals surface area contributed by atoms with E-state index in [4.69, 9.17) is 0 Å². The van der Waals surface area contributed by atoms with E-state index in [1.54, 1.807) is 0 Å². The molecular weight excluding hydrogens is 326 g/mol. The molecule has 1 aromatic carbocycles. The molecule has 2 aromatic rings. The first-order valence-corrected chi connectivity index (χ1v) is 8.82. The van der Waals surface area contributed by atoms with Gasteiger partial charge >= 0.3 is 0 Å². The number of carbonyl (C=O) groups excluding carboxylic acids is 3. The topological polar surface area (TPSA) is 71.7 Å². The first-order valence-electron chi connectivity index (χ1n) is 8.00. The summed E-state index contributed by atoms with van der Waals surface area (Å²) in [6.07, 6.45) is 1.29. The van der Waals surface area contributed by atoms with Gasteiger partial charge in [-0.25, -0.2) is 0 Å². The minimum absolute atomic E-state index is 0.185. The number of thiazole rings is 1. The van der Waals surface area contributed by atoms with Crippen molar-refractivity contribution in [2.24, 2.45) is 4.99 Å². The fourth-order valence-corrected chi connectivity index (χ4v) is 3.95. The van der Waals surface area contributed by atoms with Crippen LogP contribution in [0.4, 0.5) is 0 Å². The minimum Gasteiger partial charge on any atom is -0.316 e. The first-order chi connectivity index (χ1) is 11.5. The molecule has 2 heterocycles. The van der Waals surface area contributed by atoms with Gasteiger partial charge < -0.3 is 4.57 Å². The van der Waals surface area contributed by atoms with Gasteiger partial charge in [0.1, 0.15) is 6.54 Å².